The number of para-hydroxylation sites is 1. The van der Waals surface area contributed by atoms with Gasteiger partial charge in [0.25, 0.3) is 0 Å². The Hall–Kier alpha value is -1.51. The van der Waals surface area contributed by atoms with Crippen molar-refractivity contribution in [1.29, 1.82) is 0 Å². The number of carbonyl (C=O) groups excluding carboxylic acids is 1. The number of nitrogens with one attached hydrogen (secondary N) is 2. The Labute approximate surface area is 109 Å². The largest absolute Gasteiger partial charge is 0.373 e. The average molecular weight is 246 g/mol. The number of hydrogen-bond donors (Lipinski definition) is 2. The maximum absolute atomic E-state index is 12.0. The van der Waals surface area contributed by atoms with E-state index in [1.807, 2.05) is 18.2 Å². The fraction of sp³-hybridized carbons (Fsp3) is 0.533. The van der Waals surface area contributed by atoms with Crippen LogP contribution in [0.5, 0.6) is 0 Å². The van der Waals surface area contributed by atoms with Gasteiger partial charge < -0.3 is 10.6 Å². The molecule has 18 heavy (non-hydrogen) atoms. The molecule has 1 aliphatic rings. The van der Waals surface area contributed by atoms with E-state index in [-0.39, 0.29) is 17.4 Å². The van der Waals surface area contributed by atoms with Crippen molar-refractivity contribution in [2.75, 3.05) is 11.9 Å². The number of rotatable bonds is 3. The molecule has 1 unspecified atom stereocenters. The minimum Gasteiger partial charge on any atom is -0.373 e. The maximum Gasteiger partial charge on any atom is 0.242 e. The van der Waals surface area contributed by atoms with Gasteiger partial charge in [-0.25, -0.2) is 0 Å². The highest BCUT2D eigenvalue weighted by Gasteiger charge is 2.26. The zero-order valence-electron chi connectivity index (χ0n) is 11.4. The Balaban J connectivity index is 1.83. The van der Waals surface area contributed by atoms with Gasteiger partial charge in [0.1, 0.15) is 6.04 Å². The molecule has 0 saturated heterocycles. The number of fused-ring (bicyclic) bond motifs is 1. The lowest BCUT2D eigenvalue weighted by molar-refractivity contribution is -0.121. The van der Waals surface area contributed by atoms with Crippen LogP contribution in [-0.4, -0.2) is 18.5 Å². The molecular weight excluding hydrogens is 224 g/mol. The van der Waals surface area contributed by atoms with Crippen molar-refractivity contribution in [3.05, 3.63) is 29.8 Å². The molecule has 0 fully saturated rings. The van der Waals surface area contributed by atoms with Crippen LogP contribution in [0.4, 0.5) is 5.69 Å². The predicted molar refractivity (Wildman–Crippen MR) is 74.6 cm³/mol. The van der Waals surface area contributed by atoms with Gasteiger partial charge in [0, 0.05) is 18.7 Å². The van der Waals surface area contributed by atoms with E-state index in [0.717, 1.165) is 25.1 Å². The lowest BCUT2D eigenvalue weighted by atomic mass is 9.92. The van der Waals surface area contributed by atoms with Gasteiger partial charge >= 0.3 is 0 Å². The topological polar surface area (TPSA) is 41.1 Å². The first-order valence-electron chi connectivity index (χ1n) is 6.58. The second-order valence-electron chi connectivity index (χ2n) is 6.16. The lowest BCUT2D eigenvalue weighted by Crippen LogP contribution is -2.39. The Kier molecular flexibility index (Phi) is 3.60. The molecule has 0 saturated carbocycles. The first-order valence-corrected chi connectivity index (χ1v) is 6.58. The quantitative estimate of drug-likeness (QED) is 0.860. The van der Waals surface area contributed by atoms with Crippen molar-refractivity contribution in [3.63, 3.8) is 0 Å². The zero-order valence-corrected chi connectivity index (χ0v) is 11.4. The van der Waals surface area contributed by atoms with Crippen LogP contribution in [0.2, 0.25) is 0 Å². The molecule has 1 amide bonds. The lowest BCUT2D eigenvalue weighted by Gasteiger charge is -2.19. The Morgan fingerprint density at radius 1 is 1.39 bits per heavy atom. The SMILES string of the molecule is CC(C)(C)CCNC(=O)C1Cc2ccccc2N1. The molecule has 2 N–H and O–H groups in total. The number of hydrogen-bond acceptors (Lipinski definition) is 2. The highest BCUT2D eigenvalue weighted by Crippen LogP contribution is 2.25. The summed E-state index contributed by atoms with van der Waals surface area (Å²) in [6.07, 6.45) is 1.79. The Morgan fingerprint density at radius 2 is 2.11 bits per heavy atom. The van der Waals surface area contributed by atoms with Crippen molar-refractivity contribution >= 4 is 11.6 Å². The van der Waals surface area contributed by atoms with E-state index in [1.165, 1.54) is 5.56 Å². The number of benzene rings is 1. The first-order chi connectivity index (χ1) is 8.46. The van der Waals surface area contributed by atoms with Crippen molar-refractivity contribution in [3.8, 4) is 0 Å². The van der Waals surface area contributed by atoms with Gasteiger partial charge in [-0.15, -0.1) is 0 Å². The zero-order chi connectivity index (χ0) is 13.2. The highest BCUT2D eigenvalue weighted by molar-refractivity contribution is 5.87. The van der Waals surface area contributed by atoms with Crippen molar-refractivity contribution < 1.29 is 4.79 Å². The standard InChI is InChI=1S/C15H22N2O/c1-15(2,3)8-9-16-14(18)13-10-11-6-4-5-7-12(11)17-13/h4-7,13,17H,8-10H2,1-3H3,(H,16,18). The Morgan fingerprint density at radius 3 is 2.78 bits per heavy atom. The van der Waals surface area contributed by atoms with Crippen LogP contribution in [0.3, 0.4) is 0 Å². The molecule has 1 aromatic rings. The van der Waals surface area contributed by atoms with Crippen molar-refractivity contribution in [2.45, 2.75) is 39.7 Å². The second kappa shape index (κ2) is 5.01. The molecule has 0 radical (unpaired) electrons. The summed E-state index contributed by atoms with van der Waals surface area (Å²) in [5, 5.41) is 6.28. The van der Waals surface area contributed by atoms with Gasteiger partial charge in [0.2, 0.25) is 5.91 Å². The van der Waals surface area contributed by atoms with Crippen LogP contribution >= 0.6 is 0 Å². The predicted octanol–water partition coefficient (Wildman–Crippen LogP) is 2.58. The van der Waals surface area contributed by atoms with E-state index in [4.69, 9.17) is 0 Å². The van der Waals surface area contributed by atoms with Crippen molar-refractivity contribution in [1.82, 2.24) is 5.32 Å². The molecule has 1 heterocycles. The third-order valence-corrected chi connectivity index (χ3v) is 3.26. The van der Waals surface area contributed by atoms with Crippen LogP contribution in [0.1, 0.15) is 32.8 Å². The summed E-state index contributed by atoms with van der Waals surface area (Å²) < 4.78 is 0. The van der Waals surface area contributed by atoms with Crippen LogP contribution < -0.4 is 10.6 Å². The molecule has 3 heteroatoms. The molecule has 0 aliphatic carbocycles. The number of carbonyl (C=O) groups is 1. The molecule has 98 valence electrons. The van der Waals surface area contributed by atoms with E-state index in [0.29, 0.717) is 0 Å². The van der Waals surface area contributed by atoms with Crippen LogP contribution in [0, 0.1) is 5.41 Å². The smallest absolute Gasteiger partial charge is 0.242 e. The third kappa shape index (κ3) is 3.25. The third-order valence-electron chi connectivity index (χ3n) is 3.26. The van der Waals surface area contributed by atoms with E-state index in [2.05, 4.69) is 37.5 Å². The summed E-state index contributed by atoms with van der Waals surface area (Å²) in [6.45, 7) is 7.30. The molecule has 0 spiro atoms. The number of amides is 1. The molecule has 2 rings (SSSR count). The monoisotopic (exact) mass is 246 g/mol. The molecular formula is C15H22N2O. The van der Waals surface area contributed by atoms with Gasteiger partial charge in [0.15, 0.2) is 0 Å². The van der Waals surface area contributed by atoms with Crippen LogP contribution in [0.15, 0.2) is 24.3 Å². The van der Waals surface area contributed by atoms with E-state index in [9.17, 15) is 4.79 Å². The molecule has 0 bridgehead atoms. The summed E-state index contributed by atoms with van der Waals surface area (Å²) in [5.41, 5.74) is 2.58. The molecule has 0 aromatic heterocycles. The molecule has 3 nitrogen and oxygen atoms in total. The summed E-state index contributed by atoms with van der Waals surface area (Å²) in [7, 11) is 0. The van der Waals surface area contributed by atoms with Gasteiger partial charge in [-0.05, 0) is 23.5 Å². The molecule has 1 aliphatic heterocycles. The first kappa shape index (κ1) is 12.9. The van der Waals surface area contributed by atoms with E-state index in [1.54, 1.807) is 0 Å². The van der Waals surface area contributed by atoms with Gasteiger partial charge in [-0.3, -0.25) is 4.79 Å². The summed E-state index contributed by atoms with van der Waals surface area (Å²) >= 11 is 0. The van der Waals surface area contributed by atoms with Gasteiger partial charge in [-0.1, -0.05) is 39.0 Å². The molecule has 1 atom stereocenters. The van der Waals surface area contributed by atoms with E-state index >= 15 is 0 Å². The van der Waals surface area contributed by atoms with Gasteiger partial charge in [0.05, 0.1) is 0 Å². The molecule has 1 aromatic carbocycles. The maximum atomic E-state index is 12.0. The van der Waals surface area contributed by atoms with Crippen LogP contribution in [-0.2, 0) is 11.2 Å². The summed E-state index contributed by atoms with van der Waals surface area (Å²) in [5.74, 6) is 0.107. The van der Waals surface area contributed by atoms with E-state index < -0.39 is 0 Å². The highest BCUT2D eigenvalue weighted by atomic mass is 16.2. The fourth-order valence-corrected chi connectivity index (χ4v) is 2.14. The normalized spacial score (nSPS) is 18.1. The van der Waals surface area contributed by atoms with Gasteiger partial charge in [-0.2, -0.15) is 0 Å². The number of anilines is 1. The fourth-order valence-electron chi connectivity index (χ4n) is 2.14. The minimum absolute atomic E-state index is 0.107. The summed E-state index contributed by atoms with van der Waals surface area (Å²) in [4.78, 5) is 12.0. The van der Waals surface area contributed by atoms with Crippen molar-refractivity contribution in [2.24, 2.45) is 5.41 Å². The minimum atomic E-state index is -0.109. The average Bonchev–Trinajstić information content (AvgIpc) is 2.70. The second-order valence-corrected chi connectivity index (χ2v) is 6.16. The van der Waals surface area contributed by atoms with Crippen LogP contribution in [0.25, 0.3) is 0 Å². The Bertz CT molecular complexity index is 409. The summed E-state index contributed by atoms with van der Waals surface area (Å²) in [6, 6.07) is 8.00.